The minimum absolute atomic E-state index is 0.0614. The van der Waals surface area contributed by atoms with Gasteiger partial charge in [0, 0.05) is 52.4 Å². The molecule has 1 atom stereocenters. The minimum Gasteiger partial charge on any atom is -0.355 e. The van der Waals surface area contributed by atoms with E-state index < -0.39 is 22.6 Å². The summed E-state index contributed by atoms with van der Waals surface area (Å²) in [4.78, 5) is 7.56. The quantitative estimate of drug-likeness (QED) is 0.492. The molecule has 11 heteroatoms. The number of guanidine groups is 1. The van der Waals surface area contributed by atoms with Crippen LogP contribution in [0.4, 0.5) is 13.2 Å². The third-order valence-corrected chi connectivity index (χ3v) is 6.01. The highest BCUT2D eigenvalue weighted by Gasteiger charge is 2.34. The van der Waals surface area contributed by atoms with E-state index >= 15 is 0 Å². The van der Waals surface area contributed by atoms with Gasteiger partial charge in [0.25, 0.3) is 0 Å². The zero-order chi connectivity index (χ0) is 18.5. The van der Waals surface area contributed by atoms with E-state index in [2.05, 4.69) is 20.5 Å². The van der Waals surface area contributed by atoms with Crippen molar-refractivity contribution >= 4 is 15.8 Å². The number of hydrogen-bond acceptors (Lipinski definition) is 5. The van der Waals surface area contributed by atoms with Crippen LogP contribution in [0.15, 0.2) is 4.99 Å². The van der Waals surface area contributed by atoms with Gasteiger partial charge in [0.05, 0.1) is 18.1 Å². The van der Waals surface area contributed by atoms with E-state index in [9.17, 15) is 21.6 Å². The minimum atomic E-state index is -4.17. The molecule has 0 spiro atoms. The Labute approximate surface area is 146 Å². The molecule has 25 heavy (non-hydrogen) atoms. The molecule has 2 N–H and O–H groups in total. The molecule has 0 aromatic carbocycles. The summed E-state index contributed by atoms with van der Waals surface area (Å²) in [6, 6.07) is -0.0614. The average Bonchev–Trinajstić information content (AvgIpc) is 2.92. The molecule has 1 unspecified atom stereocenters. The molecule has 0 aromatic rings. The van der Waals surface area contributed by atoms with Gasteiger partial charge >= 0.3 is 6.18 Å². The van der Waals surface area contributed by atoms with Gasteiger partial charge in [-0.1, -0.05) is 0 Å². The van der Waals surface area contributed by atoms with Crippen LogP contribution in [0.2, 0.25) is 0 Å². The van der Waals surface area contributed by atoms with Crippen LogP contribution < -0.4 is 10.6 Å². The summed E-state index contributed by atoms with van der Waals surface area (Å²) in [5.41, 5.74) is 0. The SMILES string of the molecule is CN=C(NCCN1CCS(=O)(=O)CC1)NC1CCN(CC(F)(F)F)C1. The summed E-state index contributed by atoms with van der Waals surface area (Å²) in [6.45, 7) is 2.23. The molecule has 2 heterocycles. The van der Waals surface area contributed by atoms with Crippen molar-refractivity contribution in [3.8, 4) is 0 Å². The van der Waals surface area contributed by atoms with Gasteiger partial charge in [-0.2, -0.15) is 13.2 Å². The molecule has 146 valence electrons. The van der Waals surface area contributed by atoms with Crippen LogP contribution in [0.3, 0.4) is 0 Å². The van der Waals surface area contributed by atoms with E-state index in [0.29, 0.717) is 51.6 Å². The molecule has 2 aliphatic heterocycles. The van der Waals surface area contributed by atoms with Crippen molar-refractivity contribution in [3.05, 3.63) is 0 Å². The summed E-state index contributed by atoms with van der Waals surface area (Å²) < 4.78 is 60.0. The summed E-state index contributed by atoms with van der Waals surface area (Å²) in [5, 5.41) is 6.28. The molecule has 0 bridgehead atoms. The van der Waals surface area contributed by atoms with Crippen LogP contribution in [-0.4, -0.2) is 101 Å². The van der Waals surface area contributed by atoms with Crippen LogP contribution in [0.25, 0.3) is 0 Å². The topological polar surface area (TPSA) is 77.0 Å². The molecule has 2 rings (SSSR count). The average molecular weight is 385 g/mol. The molecular formula is C14H26F3N5O2S. The van der Waals surface area contributed by atoms with Crippen molar-refractivity contribution in [1.29, 1.82) is 0 Å². The van der Waals surface area contributed by atoms with Gasteiger partial charge in [-0.05, 0) is 6.42 Å². The van der Waals surface area contributed by atoms with Crippen molar-refractivity contribution in [3.63, 3.8) is 0 Å². The van der Waals surface area contributed by atoms with Gasteiger partial charge in [0.2, 0.25) is 0 Å². The Morgan fingerprint density at radius 1 is 1.20 bits per heavy atom. The lowest BCUT2D eigenvalue weighted by molar-refractivity contribution is -0.143. The maximum Gasteiger partial charge on any atom is 0.401 e. The number of aliphatic imine (C=N–C) groups is 1. The number of halogens is 3. The van der Waals surface area contributed by atoms with Crippen molar-refractivity contribution in [1.82, 2.24) is 20.4 Å². The van der Waals surface area contributed by atoms with Crippen molar-refractivity contribution in [2.24, 2.45) is 4.99 Å². The van der Waals surface area contributed by atoms with Gasteiger partial charge in [0.1, 0.15) is 0 Å². The maximum absolute atomic E-state index is 12.4. The van der Waals surface area contributed by atoms with Crippen LogP contribution in [-0.2, 0) is 9.84 Å². The third kappa shape index (κ3) is 7.37. The molecule has 2 fully saturated rings. The fraction of sp³-hybridized carbons (Fsp3) is 0.929. The zero-order valence-electron chi connectivity index (χ0n) is 14.3. The Kier molecular flexibility index (Phi) is 6.92. The first-order chi connectivity index (χ1) is 11.7. The highest BCUT2D eigenvalue weighted by Crippen LogP contribution is 2.19. The number of nitrogens with one attached hydrogen (secondary N) is 2. The molecule has 0 aromatic heterocycles. The second-order valence-electron chi connectivity index (χ2n) is 6.47. The normalized spacial score (nSPS) is 25.9. The summed E-state index contributed by atoms with van der Waals surface area (Å²) in [5.74, 6) is 0.942. The number of likely N-dealkylation sites (tertiary alicyclic amines) is 1. The summed E-state index contributed by atoms with van der Waals surface area (Å²) in [6.07, 6.45) is -3.53. The zero-order valence-corrected chi connectivity index (χ0v) is 15.2. The predicted molar refractivity (Wildman–Crippen MR) is 90.5 cm³/mol. The van der Waals surface area contributed by atoms with Gasteiger partial charge in [-0.3, -0.25) is 14.8 Å². The predicted octanol–water partition coefficient (Wildman–Crippen LogP) is -0.482. The Bertz CT molecular complexity index is 553. The Balaban J connectivity index is 1.66. The van der Waals surface area contributed by atoms with E-state index in [4.69, 9.17) is 0 Å². The molecule has 0 aliphatic carbocycles. The van der Waals surface area contributed by atoms with Gasteiger partial charge in [-0.25, -0.2) is 8.42 Å². The monoisotopic (exact) mass is 385 g/mol. The van der Waals surface area contributed by atoms with E-state index in [1.165, 1.54) is 4.90 Å². The number of alkyl halides is 3. The number of nitrogens with zero attached hydrogens (tertiary/aromatic N) is 3. The molecular weight excluding hydrogens is 359 g/mol. The van der Waals surface area contributed by atoms with E-state index in [1.807, 2.05) is 0 Å². The van der Waals surface area contributed by atoms with Gasteiger partial charge in [-0.15, -0.1) is 0 Å². The van der Waals surface area contributed by atoms with E-state index in [0.717, 1.165) is 0 Å². The van der Waals surface area contributed by atoms with Crippen LogP contribution in [0.1, 0.15) is 6.42 Å². The standard InChI is InChI=1S/C14H26F3N5O2S/c1-18-13(19-3-5-21-6-8-25(23,24)9-7-21)20-12-2-4-22(10-12)11-14(15,16)17/h12H,2-11H2,1H3,(H2,18,19,20). The molecule has 0 saturated carbocycles. The lowest BCUT2D eigenvalue weighted by Gasteiger charge is -2.27. The molecule has 0 radical (unpaired) electrons. The Morgan fingerprint density at radius 2 is 1.88 bits per heavy atom. The van der Waals surface area contributed by atoms with Gasteiger partial charge in [0.15, 0.2) is 15.8 Å². The largest absolute Gasteiger partial charge is 0.401 e. The lowest BCUT2D eigenvalue weighted by atomic mass is 10.3. The van der Waals surface area contributed by atoms with Crippen molar-refractivity contribution in [2.45, 2.75) is 18.6 Å². The van der Waals surface area contributed by atoms with Crippen LogP contribution in [0, 0.1) is 0 Å². The Hall–Kier alpha value is -1.07. The van der Waals surface area contributed by atoms with Crippen LogP contribution in [0.5, 0.6) is 0 Å². The lowest BCUT2D eigenvalue weighted by Crippen LogP contribution is -2.48. The summed E-state index contributed by atoms with van der Waals surface area (Å²) in [7, 11) is -1.26. The van der Waals surface area contributed by atoms with Crippen LogP contribution >= 0.6 is 0 Å². The number of rotatable bonds is 5. The first kappa shape index (κ1) is 20.2. The number of hydrogen-bond donors (Lipinski definition) is 2. The third-order valence-electron chi connectivity index (χ3n) is 4.40. The fourth-order valence-corrected chi connectivity index (χ4v) is 4.32. The first-order valence-corrected chi connectivity index (χ1v) is 10.2. The number of sulfone groups is 1. The molecule has 0 amide bonds. The molecule has 2 aliphatic rings. The Morgan fingerprint density at radius 3 is 2.48 bits per heavy atom. The van der Waals surface area contributed by atoms with Crippen molar-refractivity contribution in [2.75, 3.05) is 64.4 Å². The smallest absolute Gasteiger partial charge is 0.355 e. The van der Waals surface area contributed by atoms with E-state index in [1.54, 1.807) is 7.05 Å². The highest BCUT2D eigenvalue weighted by molar-refractivity contribution is 7.91. The first-order valence-electron chi connectivity index (χ1n) is 8.36. The fourth-order valence-electron chi connectivity index (χ4n) is 3.04. The maximum atomic E-state index is 12.4. The molecule has 7 nitrogen and oxygen atoms in total. The summed E-state index contributed by atoms with van der Waals surface area (Å²) >= 11 is 0. The van der Waals surface area contributed by atoms with E-state index in [-0.39, 0.29) is 17.5 Å². The molecule has 2 saturated heterocycles. The van der Waals surface area contributed by atoms with Gasteiger partial charge < -0.3 is 10.6 Å². The second kappa shape index (κ2) is 8.54. The van der Waals surface area contributed by atoms with Crippen molar-refractivity contribution < 1.29 is 21.6 Å². The second-order valence-corrected chi connectivity index (χ2v) is 8.78. The highest BCUT2D eigenvalue weighted by atomic mass is 32.2.